The molecule has 29 heavy (non-hydrogen) atoms. The van der Waals surface area contributed by atoms with Crippen LogP contribution in [0.25, 0.3) is 0 Å². The number of anilines is 1. The van der Waals surface area contributed by atoms with Crippen LogP contribution in [0.15, 0.2) is 18.2 Å². The van der Waals surface area contributed by atoms with E-state index in [-0.39, 0.29) is 17.1 Å². The SMILES string of the molecule is CCCCCCCCCCCCCCCC(=O)Nc1ccc(O)c(C(C)(C)C)c1. The van der Waals surface area contributed by atoms with Gasteiger partial charge in [0.05, 0.1) is 0 Å². The van der Waals surface area contributed by atoms with Crippen LogP contribution >= 0.6 is 0 Å². The van der Waals surface area contributed by atoms with Crippen molar-refractivity contribution in [2.75, 3.05) is 5.32 Å². The van der Waals surface area contributed by atoms with Crippen molar-refractivity contribution in [3.8, 4) is 5.75 Å². The average molecular weight is 404 g/mol. The quantitative estimate of drug-likeness (QED) is 0.229. The predicted octanol–water partition coefficient (Wildman–Crippen LogP) is 8.11. The van der Waals surface area contributed by atoms with E-state index in [4.69, 9.17) is 0 Å². The first-order chi connectivity index (χ1) is 13.8. The maximum atomic E-state index is 12.2. The molecule has 0 aliphatic heterocycles. The summed E-state index contributed by atoms with van der Waals surface area (Å²) >= 11 is 0. The molecule has 2 N–H and O–H groups in total. The van der Waals surface area contributed by atoms with E-state index in [1.165, 1.54) is 70.6 Å². The molecule has 1 aromatic carbocycles. The molecule has 0 saturated heterocycles. The van der Waals surface area contributed by atoms with Gasteiger partial charge in [0.25, 0.3) is 0 Å². The normalized spacial score (nSPS) is 11.6. The third-order valence-corrected chi connectivity index (χ3v) is 5.60. The van der Waals surface area contributed by atoms with Crippen molar-refractivity contribution in [1.82, 2.24) is 0 Å². The van der Waals surface area contributed by atoms with Crippen LogP contribution in [0.4, 0.5) is 5.69 Å². The standard InChI is InChI=1S/C26H45NO2/c1-5-6-7-8-9-10-11-12-13-14-15-16-17-18-25(29)27-22-19-20-24(28)23(21-22)26(2,3)4/h19-21,28H,5-18H2,1-4H3,(H,27,29). The Balaban J connectivity index is 2.06. The van der Waals surface area contributed by atoms with Crippen LogP contribution in [0.3, 0.4) is 0 Å². The lowest BCUT2D eigenvalue weighted by Crippen LogP contribution is -2.14. The fraction of sp³-hybridized carbons (Fsp3) is 0.731. The van der Waals surface area contributed by atoms with E-state index in [1.54, 1.807) is 12.1 Å². The lowest BCUT2D eigenvalue weighted by Gasteiger charge is -2.21. The Morgan fingerprint density at radius 3 is 1.79 bits per heavy atom. The highest BCUT2D eigenvalue weighted by Crippen LogP contribution is 2.32. The lowest BCUT2D eigenvalue weighted by atomic mass is 9.86. The van der Waals surface area contributed by atoms with Crippen molar-refractivity contribution >= 4 is 11.6 Å². The monoisotopic (exact) mass is 403 g/mol. The number of carbonyl (C=O) groups is 1. The Hall–Kier alpha value is -1.51. The smallest absolute Gasteiger partial charge is 0.224 e. The molecule has 3 heteroatoms. The number of aromatic hydroxyl groups is 1. The number of phenols is 1. The fourth-order valence-electron chi connectivity index (χ4n) is 3.74. The van der Waals surface area contributed by atoms with Crippen molar-refractivity contribution in [3.63, 3.8) is 0 Å². The fourth-order valence-corrected chi connectivity index (χ4v) is 3.74. The second kappa shape index (κ2) is 14.5. The predicted molar refractivity (Wildman–Crippen MR) is 126 cm³/mol. The largest absolute Gasteiger partial charge is 0.508 e. The Kier molecular flexibility index (Phi) is 12.7. The van der Waals surface area contributed by atoms with E-state index in [0.29, 0.717) is 6.42 Å². The zero-order chi connectivity index (χ0) is 21.5. The second-order valence-electron chi connectivity index (χ2n) is 9.52. The number of nitrogens with one attached hydrogen (secondary N) is 1. The van der Waals surface area contributed by atoms with Gasteiger partial charge in [-0.15, -0.1) is 0 Å². The number of amides is 1. The topological polar surface area (TPSA) is 49.3 Å². The van der Waals surface area contributed by atoms with E-state index < -0.39 is 0 Å². The molecule has 0 spiro atoms. The van der Waals surface area contributed by atoms with E-state index in [0.717, 1.165) is 24.1 Å². The third kappa shape index (κ3) is 11.9. The minimum Gasteiger partial charge on any atom is -0.508 e. The molecule has 1 aromatic rings. The number of rotatable bonds is 15. The van der Waals surface area contributed by atoms with E-state index in [1.807, 2.05) is 6.07 Å². The number of hydrogen-bond acceptors (Lipinski definition) is 2. The van der Waals surface area contributed by atoms with Gasteiger partial charge in [-0.3, -0.25) is 4.79 Å². The molecule has 3 nitrogen and oxygen atoms in total. The van der Waals surface area contributed by atoms with Crippen LogP contribution < -0.4 is 5.32 Å². The van der Waals surface area contributed by atoms with Crippen molar-refractivity contribution < 1.29 is 9.90 Å². The Labute approximate surface area is 179 Å². The molecule has 0 unspecified atom stereocenters. The first kappa shape index (κ1) is 25.5. The Morgan fingerprint density at radius 2 is 1.31 bits per heavy atom. The van der Waals surface area contributed by atoms with Gasteiger partial charge in [0, 0.05) is 17.7 Å². The molecule has 0 fully saturated rings. The van der Waals surface area contributed by atoms with Gasteiger partial charge in [0.2, 0.25) is 5.91 Å². The molecule has 1 amide bonds. The molecular weight excluding hydrogens is 358 g/mol. The summed E-state index contributed by atoms with van der Waals surface area (Å²) in [5, 5.41) is 13.0. The summed E-state index contributed by atoms with van der Waals surface area (Å²) in [6.45, 7) is 8.44. The molecule has 0 aromatic heterocycles. The van der Waals surface area contributed by atoms with Gasteiger partial charge in [-0.2, -0.15) is 0 Å². The van der Waals surface area contributed by atoms with Crippen LogP contribution in [0, 0.1) is 0 Å². The van der Waals surface area contributed by atoms with Gasteiger partial charge in [-0.05, 0) is 30.0 Å². The summed E-state index contributed by atoms with van der Waals surface area (Å²) in [6, 6.07) is 5.32. The molecule has 0 heterocycles. The Bertz CT molecular complexity index is 575. The van der Waals surface area contributed by atoms with Crippen LogP contribution in [-0.2, 0) is 10.2 Å². The van der Waals surface area contributed by atoms with Gasteiger partial charge >= 0.3 is 0 Å². The summed E-state index contributed by atoms with van der Waals surface area (Å²) in [4.78, 5) is 12.2. The van der Waals surface area contributed by atoms with Gasteiger partial charge in [0.1, 0.15) is 5.75 Å². The number of phenolic OH excluding ortho intramolecular Hbond substituents is 1. The van der Waals surface area contributed by atoms with Crippen LogP contribution in [0.2, 0.25) is 0 Å². The number of benzene rings is 1. The van der Waals surface area contributed by atoms with Crippen LogP contribution in [0.1, 0.15) is 123 Å². The summed E-state index contributed by atoms with van der Waals surface area (Å²) in [5.41, 5.74) is 1.48. The zero-order valence-corrected chi connectivity index (χ0v) is 19.5. The highest BCUT2D eigenvalue weighted by atomic mass is 16.3. The minimum absolute atomic E-state index is 0.0682. The molecule has 1 rings (SSSR count). The molecule has 0 aliphatic carbocycles. The van der Waals surface area contributed by atoms with E-state index >= 15 is 0 Å². The highest BCUT2D eigenvalue weighted by molar-refractivity contribution is 5.90. The summed E-state index contributed by atoms with van der Waals surface area (Å²) in [5.74, 6) is 0.352. The van der Waals surface area contributed by atoms with E-state index in [9.17, 15) is 9.90 Å². The van der Waals surface area contributed by atoms with Gasteiger partial charge < -0.3 is 10.4 Å². The molecule has 0 aliphatic rings. The summed E-state index contributed by atoms with van der Waals surface area (Å²) in [7, 11) is 0. The first-order valence-electron chi connectivity index (χ1n) is 12.0. The number of carbonyl (C=O) groups excluding carboxylic acids is 1. The van der Waals surface area contributed by atoms with E-state index in [2.05, 4.69) is 33.0 Å². The van der Waals surface area contributed by atoms with Gasteiger partial charge in [-0.25, -0.2) is 0 Å². The molecule has 0 saturated carbocycles. The third-order valence-electron chi connectivity index (χ3n) is 5.60. The molecule has 0 radical (unpaired) electrons. The minimum atomic E-state index is -0.153. The van der Waals surface area contributed by atoms with Crippen molar-refractivity contribution in [1.29, 1.82) is 0 Å². The first-order valence-corrected chi connectivity index (χ1v) is 12.0. The lowest BCUT2D eigenvalue weighted by molar-refractivity contribution is -0.116. The molecule has 0 atom stereocenters. The van der Waals surface area contributed by atoms with Crippen molar-refractivity contribution in [3.05, 3.63) is 23.8 Å². The number of hydrogen-bond donors (Lipinski definition) is 2. The maximum absolute atomic E-state index is 12.2. The zero-order valence-electron chi connectivity index (χ0n) is 19.5. The number of unbranched alkanes of at least 4 members (excludes halogenated alkanes) is 12. The van der Waals surface area contributed by atoms with Gasteiger partial charge in [0.15, 0.2) is 0 Å². The maximum Gasteiger partial charge on any atom is 0.224 e. The molecule has 0 bridgehead atoms. The summed E-state index contributed by atoms with van der Waals surface area (Å²) < 4.78 is 0. The highest BCUT2D eigenvalue weighted by Gasteiger charge is 2.18. The molecular formula is C26H45NO2. The van der Waals surface area contributed by atoms with Crippen LogP contribution in [-0.4, -0.2) is 11.0 Å². The second-order valence-corrected chi connectivity index (χ2v) is 9.52. The Morgan fingerprint density at radius 1 is 0.828 bits per heavy atom. The summed E-state index contributed by atoms with van der Waals surface area (Å²) in [6.07, 6.45) is 17.6. The van der Waals surface area contributed by atoms with Crippen molar-refractivity contribution in [2.24, 2.45) is 0 Å². The van der Waals surface area contributed by atoms with Gasteiger partial charge in [-0.1, -0.05) is 105 Å². The average Bonchev–Trinajstić information content (AvgIpc) is 2.66. The van der Waals surface area contributed by atoms with Crippen molar-refractivity contribution in [2.45, 2.75) is 123 Å². The molecule has 166 valence electrons. The van der Waals surface area contributed by atoms with Crippen LogP contribution in [0.5, 0.6) is 5.75 Å².